The van der Waals surface area contributed by atoms with Crippen LogP contribution in [0.25, 0.3) is 71.3 Å². The van der Waals surface area contributed by atoms with E-state index >= 15 is 0 Å². The molecule has 0 saturated carbocycles. The Morgan fingerprint density at radius 2 is 1.06 bits per heavy atom. The van der Waals surface area contributed by atoms with E-state index in [2.05, 4.69) is 179 Å². The number of nitrogens with zero attached hydrogens (tertiary/aromatic N) is 2. The van der Waals surface area contributed by atoms with Gasteiger partial charge in [-0.15, -0.1) is 0 Å². The molecule has 0 bridgehead atoms. The van der Waals surface area contributed by atoms with Crippen LogP contribution in [0.5, 0.6) is 0 Å². The van der Waals surface area contributed by atoms with Gasteiger partial charge in [-0.2, -0.15) is 0 Å². The molecule has 0 N–H and O–H groups in total. The monoisotopic (exact) mass is 626 g/mol. The number of hydrogen-bond acceptors (Lipinski definition) is 2. The first-order valence-electron chi connectivity index (χ1n) is 16.7. The van der Waals surface area contributed by atoms with Crippen LogP contribution in [0.1, 0.15) is 0 Å². The zero-order valence-corrected chi connectivity index (χ0v) is 26.6. The average Bonchev–Trinajstić information content (AvgIpc) is 3.72. The van der Waals surface area contributed by atoms with Crippen molar-refractivity contribution in [2.24, 2.45) is 0 Å². The number of anilines is 3. The minimum atomic E-state index is 0.873. The first-order chi connectivity index (χ1) is 24.3. The summed E-state index contributed by atoms with van der Waals surface area (Å²) in [4.78, 5) is 2.35. The summed E-state index contributed by atoms with van der Waals surface area (Å²) in [5.41, 5.74) is 10.8. The first kappa shape index (κ1) is 27.5. The maximum atomic E-state index is 6.60. The molecule has 0 amide bonds. The van der Waals surface area contributed by atoms with Crippen molar-refractivity contribution in [3.63, 3.8) is 0 Å². The Balaban J connectivity index is 1.19. The van der Waals surface area contributed by atoms with Gasteiger partial charge in [-0.05, 0) is 59.5 Å². The van der Waals surface area contributed by atoms with Crippen LogP contribution in [-0.4, -0.2) is 4.57 Å². The second-order valence-corrected chi connectivity index (χ2v) is 12.5. The van der Waals surface area contributed by atoms with Gasteiger partial charge in [0.15, 0.2) is 5.58 Å². The molecule has 0 spiro atoms. The predicted octanol–water partition coefficient (Wildman–Crippen LogP) is 13.0. The van der Waals surface area contributed by atoms with Gasteiger partial charge >= 0.3 is 0 Å². The van der Waals surface area contributed by atoms with Crippen molar-refractivity contribution < 1.29 is 4.42 Å². The van der Waals surface area contributed by atoms with E-state index in [-0.39, 0.29) is 0 Å². The number of benzene rings is 8. The maximum absolute atomic E-state index is 6.60. The van der Waals surface area contributed by atoms with Gasteiger partial charge in [-0.25, -0.2) is 0 Å². The molecule has 0 aliphatic rings. The summed E-state index contributed by atoms with van der Waals surface area (Å²) in [6.07, 6.45) is 0. The highest BCUT2D eigenvalue weighted by Crippen LogP contribution is 2.45. The van der Waals surface area contributed by atoms with E-state index in [0.29, 0.717) is 0 Å². The van der Waals surface area contributed by atoms with Gasteiger partial charge in [0.05, 0.1) is 22.4 Å². The van der Waals surface area contributed by atoms with E-state index in [1.807, 2.05) is 12.1 Å². The Morgan fingerprint density at radius 1 is 0.429 bits per heavy atom. The van der Waals surface area contributed by atoms with Crippen LogP contribution in [0.3, 0.4) is 0 Å². The standard InChI is InChI=1S/C46H30N2O/c1-2-15-33(16-3-1)48-42-23-8-6-18-37(42)39-21-11-20-36(45(39)48)32-27-29-34(30-28-32)47(41-24-10-14-31-13-4-5-17-35(31)41)43-25-12-22-40-38-19-7-9-26-44(38)49-46(40)43/h1-30H. The predicted molar refractivity (Wildman–Crippen MR) is 206 cm³/mol. The Labute approximate surface area is 283 Å². The van der Waals surface area contributed by atoms with Crippen LogP contribution in [0, 0.1) is 0 Å². The summed E-state index contributed by atoms with van der Waals surface area (Å²) in [6.45, 7) is 0. The average molecular weight is 627 g/mol. The molecule has 0 radical (unpaired) electrons. The lowest BCUT2D eigenvalue weighted by Gasteiger charge is -2.27. The van der Waals surface area contributed by atoms with Crippen LogP contribution in [-0.2, 0) is 0 Å². The zero-order chi connectivity index (χ0) is 32.3. The minimum absolute atomic E-state index is 0.873. The molecule has 49 heavy (non-hydrogen) atoms. The molecule has 0 aliphatic heterocycles. The SMILES string of the molecule is c1ccc(-n2c3ccccc3c3cccc(-c4ccc(N(c5cccc6ccccc56)c5cccc6c5oc5ccccc56)cc4)c32)cc1. The number of furan rings is 1. The summed E-state index contributed by atoms with van der Waals surface area (Å²) >= 11 is 0. The number of aromatic nitrogens is 1. The lowest BCUT2D eigenvalue weighted by Crippen LogP contribution is -2.10. The van der Waals surface area contributed by atoms with E-state index in [9.17, 15) is 0 Å². The minimum Gasteiger partial charge on any atom is -0.454 e. The summed E-state index contributed by atoms with van der Waals surface area (Å²) in [5.74, 6) is 0. The van der Waals surface area contributed by atoms with Crippen molar-refractivity contribution in [3.05, 3.63) is 182 Å². The Kier molecular flexibility index (Phi) is 6.18. The van der Waals surface area contributed by atoms with E-state index in [1.165, 1.54) is 38.1 Å². The third-order valence-electron chi connectivity index (χ3n) is 9.78. The lowest BCUT2D eigenvalue weighted by molar-refractivity contribution is 0.669. The summed E-state index contributed by atoms with van der Waals surface area (Å²) in [5, 5.41) is 7.10. The molecule has 0 atom stereocenters. The largest absolute Gasteiger partial charge is 0.454 e. The van der Waals surface area contributed by atoms with Gasteiger partial charge < -0.3 is 13.9 Å². The molecule has 0 saturated heterocycles. The molecular weight excluding hydrogens is 597 g/mol. The number of para-hydroxylation sites is 5. The fourth-order valence-corrected chi connectivity index (χ4v) is 7.61. The number of hydrogen-bond donors (Lipinski definition) is 0. The second-order valence-electron chi connectivity index (χ2n) is 12.5. The van der Waals surface area contributed by atoms with Crippen molar-refractivity contribution in [2.75, 3.05) is 4.90 Å². The van der Waals surface area contributed by atoms with Crippen molar-refractivity contribution in [1.29, 1.82) is 0 Å². The molecular formula is C46H30N2O. The van der Waals surface area contributed by atoms with E-state index < -0.39 is 0 Å². The molecule has 0 aliphatic carbocycles. The van der Waals surface area contributed by atoms with Gasteiger partial charge in [0.25, 0.3) is 0 Å². The maximum Gasteiger partial charge on any atom is 0.159 e. The highest BCUT2D eigenvalue weighted by Gasteiger charge is 2.22. The molecule has 3 heteroatoms. The Bertz CT molecular complexity index is 2820. The van der Waals surface area contributed by atoms with E-state index in [4.69, 9.17) is 4.42 Å². The number of fused-ring (bicyclic) bond motifs is 7. The van der Waals surface area contributed by atoms with E-state index in [0.717, 1.165) is 50.3 Å². The normalized spacial score (nSPS) is 11.7. The molecule has 0 unspecified atom stereocenters. The smallest absolute Gasteiger partial charge is 0.159 e. The Morgan fingerprint density at radius 3 is 1.94 bits per heavy atom. The fourth-order valence-electron chi connectivity index (χ4n) is 7.61. The summed E-state index contributed by atoms with van der Waals surface area (Å²) < 4.78 is 9.00. The molecule has 10 aromatic rings. The van der Waals surface area contributed by atoms with Crippen molar-refractivity contribution >= 4 is 71.6 Å². The van der Waals surface area contributed by atoms with Gasteiger partial charge in [-0.3, -0.25) is 0 Å². The van der Waals surface area contributed by atoms with Gasteiger partial charge in [0, 0.05) is 43.9 Å². The first-order valence-corrected chi connectivity index (χ1v) is 16.7. The topological polar surface area (TPSA) is 21.3 Å². The van der Waals surface area contributed by atoms with Gasteiger partial charge in [0.2, 0.25) is 0 Å². The van der Waals surface area contributed by atoms with Crippen LogP contribution in [0.2, 0.25) is 0 Å². The fraction of sp³-hybridized carbons (Fsp3) is 0. The highest BCUT2D eigenvalue weighted by atomic mass is 16.3. The van der Waals surface area contributed by atoms with Crippen LogP contribution in [0.15, 0.2) is 186 Å². The van der Waals surface area contributed by atoms with Crippen LogP contribution in [0.4, 0.5) is 17.1 Å². The van der Waals surface area contributed by atoms with Crippen molar-refractivity contribution in [2.45, 2.75) is 0 Å². The Hall–Kier alpha value is -6.58. The molecule has 230 valence electrons. The highest BCUT2D eigenvalue weighted by molar-refractivity contribution is 6.14. The van der Waals surface area contributed by atoms with Gasteiger partial charge in [-0.1, -0.05) is 133 Å². The molecule has 8 aromatic carbocycles. The molecule has 3 nitrogen and oxygen atoms in total. The molecule has 0 fully saturated rings. The van der Waals surface area contributed by atoms with E-state index in [1.54, 1.807) is 0 Å². The van der Waals surface area contributed by atoms with Crippen LogP contribution < -0.4 is 4.90 Å². The summed E-state index contributed by atoms with van der Waals surface area (Å²) in [7, 11) is 0. The summed E-state index contributed by atoms with van der Waals surface area (Å²) in [6, 6.07) is 64.9. The van der Waals surface area contributed by atoms with Crippen molar-refractivity contribution in [3.8, 4) is 16.8 Å². The lowest BCUT2D eigenvalue weighted by atomic mass is 10.0. The number of rotatable bonds is 5. The van der Waals surface area contributed by atoms with Crippen molar-refractivity contribution in [1.82, 2.24) is 4.57 Å². The zero-order valence-electron chi connectivity index (χ0n) is 26.6. The molecule has 2 aromatic heterocycles. The quantitative estimate of drug-likeness (QED) is 0.190. The molecule has 2 heterocycles. The molecule has 10 rings (SSSR count). The third kappa shape index (κ3) is 4.29. The third-order valence-corrected chi connectivity index (χ3v) is 9.78. The van der Waals surface area contributed by atoms with Crippen LogP contribution >= 0.6 is 0 Å². The second kappa shape index (κ2) is 11.0. The van der Waals surface area contributed by atoms with Gasteiger partial charge in [0.1, 0.15) is 5.58 Å².